The first-order chi connectivity index (χ1) is 24.5. The molecule has 5 fully saturated rings. The first-order valence-electron chi connectivity index (χ1n) is 18.9. The standard InChI is InChI=1S/C38H53F2N7O4/c1-38(2)12-8-27(9-13-38)47(37(50)33-5-4-20-51-33)28-22-32(36(49)44-18-16-43(3)17-19-44)46(24-28)35(48)25-11-15-45(23-25)34-30(10-14-41-42-34)29-7-6-26(39)21-31(29)40/h6-7,10,21,25,27-28,32-33,41H,4-5,8-9,11-20,22-24H2,1-3H3/t25-,28-,32-,33?/m0/s1. The predicted molar refractivity (Wildman–Crippen MR) is 189 cm³/mol. The lowest BCUT2D eigenvalue weighted by Gasteiger charge is -2.43. The van der Waals surface area contributed by atoms with Crippen LogP contribution in [0.15, 0.2) is 29.4 Å². The molecule has 13 heteroatoms. The number of hydrogen-bond acceptors (Lipinski definition) is 8. The molecule has 5 heterocycles. The van der Waals surface area contributed by atoms with Gasteiger partial charge in [-0.1, -0.05) is 19.9 Å². The van der Waals surface area contributed by atoms with Crippen LogP contribution in [0.5, 0.6) is 0 Å². The quantitative estimate of drug-likeness (QED) is 0.484. The van der Waals surface area contributed by atoms with Crippen molar-refractivity contribution < 1.29 is 27.9 Å². The number of hydrogen-bond donors (Lipinski definition) is 1. The normalized spacial score (nSPS) is 28.8. The largest absolute Gasteiger partial charge is 0.368 e. The third kappa shape index (κ3) is 7.51. The van der Waals surface area contributed by atoms with E-state index in [9.17, 15) is 23.2 Å². The number of nitrogens with one attached hydrogen (secondary N) is 1. The van der Waals surface area contributed by atoms with Gasteiger partial charge in [-0.15, -0.1) is 0 Å². The SMILES string of the molecule is CN1CCN(C(=O)[C@@H]2C[C@H](N(C(=O)C3CCCO3)C3CCC(C)(C)CC3)CN2C(=O)[C@H]2CCN(C3=NNCC=C3c3ccc(F)cc3F)C2)CC1. The molecular formula is C38H53F2N7O4. The van der Waals surface area contributed by atoms with Gasteiger partial charge >= 0.3 is 0 Å². The third-order valence-electron chi connectivity index (χ3n) is 12.1. The van der Waals surface area contributed by atoms with Crippen LogP contribution in [0.25, 0.3) is 5.57 Å². The molecule has 278 valence electrons. The number of rotatable bonds is 6. The molecule has 1 aliphatic carbocycles. The fourth-order valence-electron chi connectivity index (χ4n) is 8.98. The second-order valence-electron chi connectivity index (χ2n) is 16.1. The molecule has 1 N–H and O–H groups in total. The molecule has 4 atom stereocenters. The van der Waals surface area contributed by atoms with Gasteiger partial charge in [-0.3, -0.25) is 14.4 Å². The third-order valence-corrected chi connectivity index (χ3v) is 12.1. The summed E-state index contributed by atoms with van der Waals surface area (Å²) in [6.07, 6.45) is 7.68. The summed E-state index contributed by atoms with van der Waals surface area (Å²) in [6, 6.07) is 2.64. The molecule has 1 saturated carbocycles. The van der Waals surface area contributed by atoms with Crippen LogP contribution in [0, 0.1) is 23.0 Å². The lowest BCUT2D eigenvalue weighted by atomic mass is 9.75. The fraction of sp³-hybridized carbons (Fsp3) is 0.684. The van der Waals surface area contributed by atoms with Gasteiger partial charge < -0.3 is 34.7 Å². The molecule has 1 aromatic carbocycles. The van der Waals surface area contributed by atoms with E-state index in [-0.39, 0.29) is 40.8 Å². The fourth-order valence-corrected chi connectivity index (χ4v) is 8.98. The number of carbonyl (C=O) groups excluding carboxylic acids is 3. The molecule has 1 aromatic rings. The Kier molecular flexibility index (Phi) is 10.4. The smallest absolute Gasteiger partial charge is 0.252 e. The maximum atomic E-state index is 14.9. The average Bonchev–Trinajstić information content (AvgIpc) is 3.91. The van der Waals surface area contributed by atoms with Crippen molar-refractivity contribution in [2.45, 2.75) is 89.4 Å². The first kappa shape index (κ1) is 35.8. The van der Waals surface area contributed by atoms with Crippen LogP contribution in [0.4, 0.5) is 8.78 Å². The minimum Gasteiger partial charge on any atom is -0.368 e. The van der Waals surface area contributed by atoms with Crippen molar-refractivity contribution >= 4 is 29.1 Å². The Morgan fingerprint density at radius 3 is 2.43 bits per heavy atom. The maximum absolute atomic E-state index is 14.9. The number of likely N-dealkylation sites (tertiary alicyclic amines) is 2. The van der Waals surface area contributed by atoms with E-state index >= 15 is 0 Å². The molecule has 11 nitrogen and oxygen atoms in total. The van der Waals surface area contributed by atoms with E-state index in [0.29, 0.717) is 76.5 Å². The number of amidine groups is 1. The Morgan fingerprint density at radius 1 is 0.961 bits per heavy atom. The topological polar surface area (TPSA) is 101 Å². The van der Waals surface area contributed by atoms with E-state index in [4.69, 9.17) is 4.74 Å². The minimum atomic E-state index is -0.667. The first-order valence-corrected chi connectivity index (χ1v) is 18.9. The molecule has 0 aromatic heterocycles. The Hall–Kier alpha value is -3.58. The van der Waals surface area contributed by atoms with Gasteiger partial charge in [0.05, 0.1) is 18.5 Å². The number of piperazine rings is 1. The van der Waals surface area contributed by atoms with Crippen molar-refractivity contribution in [3.63, 3.8) is 0 Å². The van der Waals surface area contributed by atoms with Crippen LogP contribution in [0.2, 0.25) is 0 Å². The van der Waals surface area contributed by atoms with Crippen molar-refractivity contribution in [3.05, 3.63) is 41.5 Å². The lowest BCUT2D eigenvalue weighted by molar-refractivity contribution is -0.148. The van der Waals surface area contributed by atoms with Gasteiger partial charge in [0.1, 0.15) is 23.8 Å². The predicted octanol–water partition coefficient (Wildman–Crippen LogP) is 3.31. The lowest BCUT2D eigenvalue weighted by Crippen LogP contribution is -2.54. The highest BCUT2D eigenvalue weighted by molar-refractivity contribution is 6.23. The zero-order valence-corrected chi connectivity index (χ0v) is 30.3. The molecule has 0 bridgehead atoms. The Bertz CT molecular complexity index is 1540. The van der Waals surface area contributed by atoms with Crippen LogP contribution in [0.1, 0.15) is 70.8 Å². The van der Waals surface area contributed by atoms with E-state index in [2.05, 4.69) is 29.3 Å². The molecule has 1 unspecified atom stereocenters. The number of ether oxygens (including phenoxy) is 1. The van der Waals surface area contributed by atoms with Crippen LogP contribution in [-0.4, -0.2) is 138 Å². The molecule has 4 saturated heterocycles. The molecule has 3 amide bonds. The summed E-state index contributed by atoms with van der Waals surface area (Å²) >= 11 is 0. The van der Waals surface area contributed by atoms with Crippen LogP contribution >= 0.6 is 0 Å². The van der Waals surface area contributed by atoms with Gasteiger partial charge in [-0.25, -0.2) is 8.78 Å². The Balaban J connectivity index is 1.13. The average molecular weight is 710 g/mol. The van der Waals surface area contributed by atoms with Gasteiger partial charge in [0.15, 0.2) is 5.84 Å². The zero-order chi connectivity index (χ0) is 35.9. The summed E-state index contributed by atoms with van der Waals surface area (Å²) in [4.78, 5) is 53.1. The van der Waals surface area contributed by atoms with Crippen molar-refractivity contribution in [1.82, 2.24) is 29.9 Å². The maximum Gasteiger partial charge on any atom is 0.252 e. The molecule has 6 aliphatic rings. The highest BCUT2D eigenvalue weighted by Crippen LogP contribution is 2.40. The summed E-state index contributed by atoms with van der Waals surface area (Å²) in [6.45, 7) is 9.48. The second kappa shape index (κ2) is 14.8. The summed E-state index contributed by atoms with van der Waals surface area (Å²) in [5.41, 5.74) is 4.00. The van der Waals surface area contributed by atoms with Crippen LogP contribution in [0.3, 0.4) is 0 Å². The van der Waals surface area contributed by atoms with Crippen molar-refractivity contribution in [2.75, 3.05) is 66.0 Å². The van der Waals surface area contributed by atoms with Gasteiger partial charge in [0, 0.05) is 75.7 Å². The monoisotopic (exact) mass is 709 g/mol. The zero-order valence-electron chi connectivity index (χ0n) is 30.3. The molecule has 7 rings (SSSR count). The molecule has 51 heavy (non-hydrogen) atoms. The summed E-state index contributed by atoms with van der Waals surface area (Å²) in [7, 11) is 2.05. The molecule has 5 aliphatic heterocycles. The van der Waals surface area contributed by atoms with Crippen LogP contribution < -0.4 is 5.43 Å². The van der Waals surface area contributed by atoms with Crippen molar-refractivity contribution in [3.8, 4) is 0 Å². The summed E-state index contributed by atoms with van der Waals surface area (Å²) < 4.78 is 34.6. The van der Waals surface area contributed by atoms with E-state index < -0.39 is 29.7 Å². The van der Waals surface area contributed by atoms with Crippen molar-refractivity contribution in [1.29, 1.82) is 0 Å². The molecular weight excluding hydrogens is 656 g/mol. The summed E-state index contributed by atoms with van der Waals surface area (Å²) in [5.74, 6) is -1.34. The highest BCUT2D eigenvalue weighted by atomic mass is 19.1. The van der Waals surface area contributed by atoms with Crippen molar-refractivity contribution in [2.24, 2.45) is 16.4 Å². The van der Waals surface area contributed by atoms with E-state index in [1.54, 1.807) is 4.90 Å². The second-order valence-corrected chi connectivity index (χ2v) is 16.1. The van der Waals surface area contributed by atoms with E-state index in [0.717, 1.165) is 51.3 Å². The Labute approximate surface area is 300 Å². The number of halogens is 2. The van der Waals surface area contributed by atoms with Gasteiger partial charge in [0.25, 0.3) is 5.91 Å². The van der Waals surface area contributed by atoms with E-state index in [1.807, 2.05) is 27.8 Å². The van der Waals surface area contributed by atoms with Gasteiger partial charge in [-0.2, -0.15) is 5.10 Å². The number of hydrazone groups is 1. The van der Waals surface area contributed by atoms with Crippen LogP contribution in [-0.2, 0) is 19.1 Å². The Morgan fingerprint density at radius 2 is 1.73 bits per heavy atom. The number of nitrogens with zero attached hydrogens (tertiary/aromatic N) is 6. The minimum absolute atomic E-state index is 0.00416. The van der Waals surface area contributed by atoms with Gasteiger partial charge in [0.2, 0.25) is 11.8 Å². The van der Waals surface area contributed by atoms with Gasteiger partial charge in [-0.05, 0) is 76.0 Å². The number of benzene rings is 1. The highest BCUT2D eigenvalue weighted by Gasteiger charge is 2.50. The summed E-state index contributed by atoms with van der Waals surface area (Å²) in [5, 5.41) is 4.51. The molecule has 0 radical (unpaired) electrons. The molecule has 0 spiro atoms. The number of likely N-dealkylation sites (N-methyl/N-ethyl adjacent to an activating group) is 1. The number of amides is 3. The van der Waals surface area contributed by atoms with E-state index in [1.165, 1.54) is 12.1 Å². The number of carbonyl (C=O) groups is 3.